The Balaban J connectivity index is 1.65. The molecule has 25 heavy (non-hydrogen) atoms. The Morgan fingerprint density at radius 3 is 3.08 bits per heavy atom. The molecule has 3 rings (SSSR count). The Morgan fingerprint density at radius 1 is 1.52 bits per heavy atom. The summed E-state index contributed by atoms with van der Waals surface area (Å²) in [5, 5.41) is 9.93. The number of aromatic nitrogens is 3. The lowest BCUT2D eigenvalue weighted by molar-refractivity contribution is 0.235. The highest BCUT2D eigenvalue weighted by atomic mass is 32.2. The number of rotatable bonds is 4. The Labute approximate surface area is 147 Å². The lowest BCUT2D eigenvalue weighted by atomic mass is 9.89. The molecule has 0 aliphatic heterocycles. The van der Waals surface area contributed by atoms with Crippen molar-refractivity contribution in [2.24, 2.45) is 7.05 Å². The molecule has 3 N–H and O–H groups in total. The van der Waals surface area contributed by atoms with E-state index in [0.717, 1.165) is 24.8 Å². The maximum atomic E-state index is 12.3. The fourth-order valence-corrected chi connectivity index (χ4v) is 4.04. The van der Waals surface area contributed by atoms with E-state index in [4.69, 9.17) is 4.78 Å². The molecule has 0 radical (unpaired) electrons. The lowest BCUT2D eigenvalue weighted by Crippen LogP contribution is -2.39. The van der Waals surface area contributed by atoms with Crippen molar-refractivity contribution in [1.82, 2.24) is 25.4 Å². The molecule has 0 aromatic carbocycles. The zero-order valence-electron chi connectivity index (χ0n) is 14.3. The van der Waals surface area contributed by atoms with E-state index in [2.05, 4.69) is 20.7 Å². The topological polar surface area (TPSA) is 113 Å². The van der Waals surface area contributed by atoms with Crippen LogP contribution in [-0.4, -0.2) is 31.3 Å². The Bertz CT molecular complexity index is 890. The van der Waals surface area contributed by atoms with Crippen LogP contribution in [0, 0.1) is 4.78 Å². The third-order valence-electron chi connectivity index (χ3n) is 4.26. The molecule has 1 aliphatic carbocycles. The van der Waals surface area contributed by atoms with E-state index >= 15 is 0 Å². The molecule has 8 nitrogen and oxygen atoms in total. The van der Waals surface area contributed by atoms with Gasteiger partial charge in [-0.2, -0.15) is 5.10 Å². The van der Waals surface area contributed by atoms with Crippen molar-refractivity contribution in [3.05, 3.63) is 41.5 Å². The van der Waals surface area contributed by atoms with Crippen molar-refractivity contribution in [3.8, 4) is 0 Å². The number of nitrogens with zero attached hydrogens (tertiary/aromatic N) is 3. The Morgan fingerprint density at radius 2 is 2.32 bits per heavy atom. The maximum absolute atomic E-state index is 12.3. The van der Waals surface area contributed by atoms with Gasteiger partial charge < -0.3 is 10.6 Å². The number of hydrogen-bond acceptors (Lipinski definition) is 5. The zero-order chi connectivity index (χ0) is 18.0. The molecule has 2 unspecified atom stereocenters. The van der Waals surface area contributed by atoms with E-state index in [9.17, 15) is 9.00 Å². The van der Waals surface area contributed by atoms with Gasteiger partial charge in [-0.25, -0.2) is 13.8 Å². The van der Waals surface area contributed by atoms with Gasteiger partial charge in [-0.1, -0.05) is 0 Å². The van der Waals surface area contributed by atoms with Crippen LogP contribution in [0.5, 0.6) is 0 Å². The quantitative estimate of drug-likeness (QED) is 0.768. The zero-order valence-corrected chi connectivity index (χ0v) is 15.1. The summed E-state index contributed by atoms with van der Waals surface area (Å²) < 4.78 is 21.2. The summed E-state index contributed by atoms with van der Waals surface area (Å²) in [5.41, 5.74) is 2.73. The molecule has 0 bridgehead atoms. The predicted molar refractivity (Wildman–Crippen MR) is 93.5 cm³/mol. The highest BCUT2D eigenvalue weighted by Gasteiger charge is 2.22. The number of fused-ring (bicyclic) bond motifs is 1. The van der Waals surface area contributed by atoms with E-state index < -0.39 is 9.73 Å². The molecular formula is C16H22N6O2S. The predicted octanol–water partition coefficient (Wildman–Crippen LogP) is 1.73. The van der Waals surface area contributed by atoms with Crippen LogP contribution in [0.1, 0.15) is 35.7 Å². The monoisotopic (exact) mass is 362 g/mol. The molecule has 0 fully saturated rings. The van der Waals surface area contributed by atoms with Crippen molar-refractivity contribution in [2.45, 2.75) is 36.7 Å². The van der Waals surface area contributed by atoms with Crippen LogP contribution < -0.4 is 10.6 Å². The van der Waals surface area contributed by atoms with Crippen LogP contribution in [0.2, 0.25) is 0 Å². The molecule has 2 amide bonds. The smallest absolute Gasteiger partial charge is 0.315 e. The van der Waals surface area contributed by atoms with E-state index in [1.807, 2.05) is 12.3 Å². The summed E-state index contributed by atoms with van der Waals surface area (Å²) >= 11 is 0. The Kier molecular flexibility index (Phi) is 4.76. The van der Waals surface area contributed by atoms with Gasteiger partial charge in [0.15, 0.2) is 0 Å². The first-order valence-electron chi connectivity index (χ1n) is 8.08. The minimum Gasteiger partial charge on any atom is -0.332 e. The fraction of sp³-hybridized carbons (Fsp3) is 0.438. The van der Waals surface area contributed by atoms with Crippen LogP contribution in [0.15, 0.2) is 29.6 Å². The summed E-state index contributed by atoms with van der Waals surface area (Å²) in [7, 11) is -1.19. The molecule has 2 heterocycles. The van der Waals surface area contributed by atoms with Crippen LogP contribution in [0.3, 0.4) is 0 Å². The second-order valence-electron chi connectivity index (χ2n) is 6.30. The van der Waals surface area contributed by atoms with E-state index in [1.165, 1.54) is 16.5 Å². The van der Waals surface area contributed by atoms with Gasteiger partial charge in [-0.3, -0.25) is 9.67 Å². The SMILES string of the molecule is Cn1cc(S(C)(=N)=O)c(CNC(=O)NC2CCCc3cnccc32)n1. The van der Waals surface area contributed by atoms with Crippen molar-refractivity contribution in [1.29, 1.82) is 4.78 Å². The first-order chi connectivity index (χ1) is 11.8. The second kappa shape index (κ2) is 6.83. The van der Waals surface area contributed by atoms with E-state index in [1.54, 1.807) is 19.4 Å². The van der Waals surface area contributed by atoms with Gasteiger partial charge in [0, 0.05) is 31.9 Å². The van der Waals surface area contributed by atoms with Crippen LogP contribution >= 0.6 is 0 Å². The van der Waals surface area contributed by atoms with Gasteiger partial charge in [0.2, 0.25) is 0 Å². The van der Waals surface area contributed by atoms with Crippen LogP contribution in [-0.2, 0) is 29.7 Å². The molecule has 0 saturated heterocycles. The normalized spacial score (nSPS) is 18.9. The maximum Gasteiger partial charge on any atom is 0.315 e. The number of urea groups is 1. The molecule has 2 atom stereocenters. The molecule has 0 saturated carbocycles. The van der Waals surface area contributed by atoms with Gasteiger partial charge in [-0.05, 0) is 36.5 Å². The first-order valence-corrected chi connectivity index (χ1v) is 10.0. The minimum atomic E-state index is -2.89. The standard InChI is InChI=1S/C16H22N6O2S/c1-22-10-15(25(2,17)24)14(21-22)9-19-16(23)20-13-5-3-4-11-8-18-7-6-12(11)13/h6-8,10,13,17H,3-5,9H2,1-2H3,(H2,19,20,23). The van der Waals surface area contributed by atoms with E-state index in [0.29, 0.717) is 10.6 Å². The lowest BCUT2D eigenvalue weighted by Gasteiger charge is -2.26. The third-order valence-corrected chi connectivity index (χ3v) is 5.44. The minimum absolute atomic E-state index is 0.0403. The number of nitrogens with one attached hydrogen (secondary N) is 3. The number of pyridine rings is 1. The number of carbonyl (C=O) groups excluding carboxylic acids is 1. The molecule has 0 spiro atoms. The summed E-state index contributed by atoms with van der Waals surface area (Å²) in [4.78, 5) is 16.8. The van der Waals surface area contributed by atoms with E-state index in [-0.39, 0.29) is 18.6 Å². The average Bonchev–Trinajstić information content (AvgIpc) is 2.95. The molecule has 9 heteroatoms. The molecule has 1 aliphatic rings. The largest absolute Gasteiger partial charge is 0.332 e. The number of carbonyl (C=O) groups is 1. The van der Waals surface area contributed by atoms with Gasteiger partial charge in [-0.15, -0.1) is 0 Å². The first kappa shape index (κ1) is 17.4. The van der Waals surface area contributed by atoms with Crippen molar-refractivity contribution >= 4 is 15.8 Å². The van der Waals surface area contributed by atoms with Gasteiger partial charge in [0.05, 0.1) is 32.9 Å². The van der Waals surface area contributed by atoms with Gasteiger partial charge in [0.1, 0.15) is 0 Å². The number of amides is 2. The fourth-order valence-electron chi connectivity index (χ4n) is 3.12. The molecule has 2 aromatic rings. The summed E-state index contributed by atoms with van der Waals surface area (Å²) in [6, 6.07) is 1.60. The number of hydrogen-bond donors (Lipinski definition) is 3. The van der Waals surface area contributed by atoms with Crippen molar-refractivity contribution < 1.29 is 9.00 Å². The molecule has 134 valence electrons. The third kappa shape index (κ3) is 3.98. The van der Waals surface area contributed by atoms with Gasteiger partial charge >= 0.3 is 6.03 Å². The van der Waals surface area contributed by atoms with Gasteiger partial charge in [0.25, 0.3) is 0 Å². The van der Waals surface area contributed by atoms with Crippen LogP contribution in [0.25, 0.3) is 0 Å². The molecule has 2 aromatic heterocycles. The molecular weight excluding hydrogens is 340 g/mol. The van der Waals surface area contributed by atoms with Crippen molar-refractivity contribution in [2.75, 3.05) is 6.26 Å². The van der Waals surface area contributed by atoms with Crippen LogP contribution in [0.4, 0.5) is 4.79 Å². The second-order valence-corrected chi connectivity index (χ2v) is 8.43. The summed E-state index contributed by atoms with van der Waals surface area (Å²) in [5.74, 6) is 0. The Hall–Kier alpha value is -2.42. The highest BCUT2D eigenvalue weighted by molar-refractivity contribution is 7.91. The average molecular weight is 362 g/mol. The summed E-state index contributed by atoms with van der Waals surface area (Å²) in [6.07, 6.45) is 9.37. The van der Waals surface area contributed by atoms with Crippen molar-refractivity contribution in [3.63, 3.8) is 0 Å². The summed E-state index contributed by atoms with van der Waals surface area (Å²) in [6.45, 7) is 0.127. The number of aryl methyl sites for hydroxylation is 2. The highest BCUT2D eigenvalue weighted by Crippen LogP contribution is 2.28.